The van der Waals surface area contributed by atoms with E-state index in [1.54, 1.807) is 7.05 Å². The van der Waals surface area contributed by atoms with Crippen molar-refractivity contribution in [1.29, 1.82) is 0 Å². The Hall–Kier alpha value is -1.30. The standard InChI is InChI=1S/C16H28N4O2/c1-17-15(22)20-10-5-13-16(7-12-20,6-11-18(13)2)14(21)19-8-3-4-9-19/h13H,3-12H2,1-2H3,(H,17,22)/t13-,16-/m1/s1. The van der Waals surface area contributed by atoms with Gasteiger partial charge in [-0.15, -0.1) is 0 Å². The molecule has 0 aromatic heterocycles. The van der Waals surface area contributed by atoms with Crippen LogP contribution in [0.2, 0.25) is 0 Å². The maximum Gasteiger partial charge on any atom is 0.317 e. The van der Waals surface area contributed by atoms with Gasteiger partial charge < -0.3 is 20.0 Å². The fourth-order valence-electron chi connectivity index (χ4n) is 4.59. The van der Waals surface area contributed by atoms with Gasteiger partial charge in [-0.1, -0.05) is 0 Å². The highest BCUT2D eigenvalue weighted by molar-refractivity contribution is 5.84. The van der Waals surface area contributed by atoms with Crippen molar-refractivity contribution < 1.29 is 9.59 Å². The van der Waals surface area contributed by atoms with E-state index in [4.69, 9.17) is 0 Å². The van der Waals surface area contributed by atoms with E-state index in [1.807, 2.05) is 4.90 Å². The summed E-state index contributed by atoms with van der Waals surface area (Å²) in [6, 6.07) is 0.252. The van der Waals surface area contributed by atoms with E-state index in [0.29, 0.717) is 12.5 Å². The molecule has 3 heterocycles. The lowest BCUT2D eigenvalue weighted by Crippen LogP contribution is -2.49. The molecule has 3 aliphatic rings. The normalized spacial score (nSPS) is 32.7. The third-order valence-corrected chi connectivity index (χ3v) is 5.90. The zero-order valence-corrected chi connectivity index (χ0v) is 13.8. The maximum absolute atomic E-state index is 13.2. The van der Waals surface area contributed by atoms with Gasteiger partial charge in [-0.3, -0.25) is 4.79 Å². The predicted molar refractivity (Wildman–Crippen MR) is 84.5 cm³/mol. The molecule has 3 fully saturated rings. The first kappa shape index (κ1) is 15.6. The highest BCUT2D eigenvalue weighted by Gasteiger charge is 2.54. The van der Waals surface area contributed by atoms with Gasteiger partial charge in [0.1, 0.15) is 0 Å². The highest BCUT2D eigenvalue weighted by atomic mass is 16.2. The van der Waals surface area contributed by atoms with Crippen molar-refractivity contribution in [3.8, 4) is 0 Å². The minimum absolute atomic E-state index is 0.0219. The summed E-state index contributed by atoms with van der Waals surface area (Å²) >= 11 is 0. The minimum Gasteiger partial charge on any atom is -0.342 e. The van der Waals surface area contributed by atoms with E-state index in [2.05, 4.69) is 22.2 Å². The zero-order chi connectivity index (χ0) is 15.7. The molecule has 0 radical (unpaired) electrons. The molecule has 0 aromatic carbocycles. The molecule has 0 saturated carbocycles. The Labute approximate surface area is 132 Å². The Bertz CT molecular complexity index is 449. The van der Waals surface area contributed by atoms with Gasteiger partial charge in [0.2, 0.25) is 5.91 Å². The molecule has 1 N–H and O–H groups in total. The molecule has 22 heavy (non-hydrogen) atoms. The lowest BCUT2D eigenvalue weighted by molar-refractivity contribution is -0.142. The van der Waals surface area contributed by atoms with E-state index < -0.39 is 0 Å². The van der Waals surface area contributed by atoms with Gasteiger partial charge in [0, 0.05) is 39.3 Å². The van der Waals surface area contributed by atoms with Crippen LogP contribution in [0.15, 0.2) is 0 Å². The minimum atomic E-state index is -0.276. The molecule has 0 bridgehead atoms. The molecule has 3 aliphatic heterocycles. The molecule has 0 aliphatic carbocycles. The molecule has 0 spiro atoms. The SMILES string of the molecule is CNC(=O)N1CC[C@H]2N(C)CC[C@@]2(C(=O)N2CCCC2)CC1. The van der Waals surface area contributed by atoms with Crippen LogP contribution in [-0.2, 0) is 4.79 Å². The predicted octanol–water partition coefficient (Wildman–Crippen LogP) is 0.734. The first-order valence-corrected chi connectivity index (χ1v) is 8.55. The molecular formula is C16H28N4O2. The van der Waals surface area contributed by atoms with Crippen LogP contribution < -0.4 is 5.32 Å². The number of rotatable bonds is 1. The Morgan fingerprint density at radius 3 is 2.36 bits per heavy atom. The van der Waals surface area contributed by atoms with Crippen LogP contribution in [0.25, 0.3) is 0 Å². The summed E-state index contributed by atoms with van der Waals surface area (Å²) in [5, 5.41) is 2.71. The summed E-state index contributed by atoms with van der Waals surface area (Å²) in [7, 11) is 3.80. The largest absolute Gasteiger partial charge is 0.342 e. The van der Waals surface area contributed by atoms with Crippen LogP contribution in [0, 0.1) is 5.41 Å². The third kappa shape index (κ3) is 2.47. The van der Waals surface area contributed by atoms with E-state index in [-0.39, 0.29) is 17.5 Å². The van der Waals surface area contributed by atoms with Gasteiger partial charge in [-0.25, -0.2) is 4.79 Å². The molecule has 6 heteroatoms. The molecule has 3 saturated heterocycles. The van der Waals surface area contributed by atoms with Gasteiger partial charge >= 0.3 is 6.03 Å². The van der Waals surface area contributed by atoms with Gasteiger partial charge in [-0.2, -0.15) is 0 Å². The van der Waals surface area contributed by atoms with Gasteiger partial charge in [0.05, 0.1) is 5.41 Å². The molecule has 6 nitrogen and oxygen atoms in total. The van der Waals surface area contributed by atoms with Crippen molar-refractivity contribution in [2.45, 2.75) is 38.1 Å². The third-order valence-electron chi connectivity index (χ3n) is 5.90. The number of nitrogens with one attached hydrogen (secondary N) is 1. The smallest absolute Gasteiger partial charge is 0.317 e. The molecular weight excluding hydrogens is 280 g/mol. The molecule has 0 unspecified atom stereocenters. The van der Waals surface area contributed by atoms with Gasteiger partial charge in [-0.05, 0) is 45.7 Å². The fourth-order valence-corrected chi connectivity index (χ4v) is 4.59. The van der Waals surface area contributed by atoms with Gasteiger partial charge in [0.25, 0.3) is 0 Å². The average molecular weight is 308 g/mol. The van der Waals surface area contributed by atoms with Crippen molar-refractivity contribution in [3.63, 3.8) is 0 Å². The second-order valence-corrected chi connectivity index (χ2v) is 6.98. The first-order valence-electron chi connectivity index (χ1n) is 8.55. The number of urea groups is 1. The van der Waals surface area contributed by atoms with Crippen LogP contribution in [-0.4, -0.2) is 79.5 Å². The Balaban J connectivity index is 1.82. The molecule has 0 aromatic rings. The summed E-state index contributed by atoms with van der Waals surface area (Å²) in [4.78, 5) is 31.5. The zero-order valence-electron chi connectivity index (χ0n) is 13.8. The van der Waals surface area contributed by atoms with Crippen LogP contribution in [0.3, 0.4) is 0 Å². The first-order chi connectivity index (χ1) is 10.6. The highest BCUT2D eigenvalue weighted by Crippen LogP contribution is 2.44. The quantitative estimate of drug-likeness (QED) is 0.777. The second-order valence-electron chi connectivity index (χ2n) is 6.98. The Morgan fingerprint density at radius 2 is 1.68 bits per heavy atom. The van der Waals surface area contributed by atoms with Crippen molar-refractivity contribution in [2.75, 3.05) is 46.8 Å². The number of carbonyl (C=O) groups excluding carboxylic acids is 2. The van der Waals surface area contributed by atoms with Crippen LogP contribution in [0.4, 0.5) is 4.79 Å². The Kier molecular flexibility index (Phi) is 4.30. The lowest BCUT2D eigenvalue weighted by atomic mass is 9.75. The maximum atomic E-state index is 13.2. The topological polar surface area (TPSA) is 55.9 Å². The summed E-state index contributed by atoms with van der Waals surface area (Å²) in [6.45, 7) is 4.24. The monoisotopic (exact) mass is 308 g/mol. The summed E-state index contributed by atoms with van der Waals surface area (Å²) in [5.74, 6) is 0.345. The van der Waals surface area contributed by atoms with E-state index >= 15 is 0 Å². The fraction of sp³-hybridized carbons (Fsp3) is 0.875. The number of hydrogen-bond acceptors (Lipinski definition) is 3. The van der Waals surface area contributed by atoms with E-state index in [9.17, 15) is 9.59 Å². The number of amides is 3. The molecule has 124 valence electrons. The number of fused-ring (bicyclic) bond motifs is 1. The summed E-state index contributed by atoms with van der Waals surface area (Å²) in [5.41, 5.74) is -0.276. The average Bonchev–Trinajstić information content (AvgIpc) is 3.11. The van der Waals surface area contributed by atoms with Crippen molar-refractivity contribution >= 4 is 11.9 Å². The molecule has 2 atom stereocenters. The second kappa shape index (κ2) is 6.07. The van der Waals surface area contributed by atoms with Crippen molar-refractivity contribution in [3.05, 3.63) is 0 Å². The number of hydrogen-bond donors (Lipinski definition) is 1. The number of carbonyl (C=O) groups is 2. The van der Waals surface area contributed by atoms with Crippen LogP contribution in [0.1, 0.15) is 32.1 Å². The summed E-state index contributed by atoms with van der Waals surface area (Å²) < 4.78 is 0. The number of likely N-dealkylation sites (tertiary alicyclic amines) is 3. The van der Waals surface area contributed by atoms with Crippen LogP contribution >= 0.6 is 0 Å². The van der Waals surface area contributed by atoms with Crippen LogP contribution in [0.5, 0.6) is 0 Å². The van der Waals surface area contributed by atoms with Crippen molar-refractivity contribution in [2.24, 2.45) is 5.41 Å². The molecule has 3 rings (SSSR count). The Morgan fingerprint density at radius 1 is 1.00 bits per heavy atom. The van der Waals surface area contributed by atoms with E-state index in [0.717, 1.165) is 58.3 Å². The van der Waals surface area contributed by atoms with Gasteiger partial charge in [0.15, 0.2) is 0 Å². The van der Waals surface area contributed by atoms with E-state index in [1.165, 1.54) is 0 Å². The molecule has 3 amide bonds. The number of nitrogens with zero attached hydrogens (tertiary/aromatic N) is 3. The van der Waals surface area contributed by atoms with Crippen molar-refractivity contribution in [1.82, 2.24) is 20.0 Å². The summed E-state index contributed by atoms with van der Waals surface area (Å²) in [6.07, 6.45) is 4.89. The lowest BCUT2D eigenvalue weighted by Gasteiger charge is -2.37.